The van der Waals surface area contributed by atoms with E-state index in [-0.39, 0.29) is 31.6 Å². The van der Waals surface area contributed by atoms with Crippen LogP contribution in [0.1, 0.15) is 13.8 Å². The van der Waals surface area contributed by atoms with Crippen molar-refractivity contribution >= 4 is 10.0 Å². The van der Waals surface area contributed by atoms with Crippen molar-refractivity contribution in [2.45, 2.75) is 26.1 Å². The molecule has 1 aliphatic rings. The van der Waals surface area contributed by atoms with E-state index in [1.807, 2.05) is 13.8 Å². The Kier molecular flexibility index (Phi) is 3.88. The number of ether oxygens (including phenoxy) is 1. The molecule has 1 heterocycles. The van der Waals surface area contributed by atoms with Crippen molar-refractivity contribution in [3.8, 4) is 0 Å². The zero-order chi connectivity index (χ0) is 10.8. The second kappa shape index (κ2) is 4.57. The summed E-state index contributed by atoms with van der Waals surface area (Å²) in [5, 5.41) is 8.96. The third-order valence-electron chi connectivity index (χ3n) is 2.01. The molecule has 1 N–H and O–H groups in total. The van der Waals surface area contributed by atoms with Gasteiger partial charge in [0.05, 0.1) is 24.6 Å². The van der Waals surface area contributed by atoms with Crippen LogP contribution in [0.5, 0.6) is 0 Å². The van der Waals surface area contributed by atoms with Gasteiger partial charge in [-0.15, -0.1) is 0 Å². The molecule has 0 spiro atoms. The van der Waals surface area contributed by atoms with Crippen LogP contribution in [0.4, 0.5) is 0 Å². The van der Waals surface area contributed by atoms with Gasteiger partial charge in [-0.2, -0.15) is 4.31 Å². The van der Waals surface area contributed by atoms with Gasteiger partial charge < -0.3 is 9.84 Å². The van der Waals surface area contributed by atoms with Gasteiger partial charge in [-0.05, 0) is 13.8 Å². The van der Waals surface area contributed by atoms with Crippen molar-refractivity contribution in [1.82, 2.24) is 4.31 Å². The number of hydrogen-bond donors (Lipinski definition) is 1. The van der Waals surface area contributed by atoms with E-state index < -0.39 is 16.1 Å². The highest BCUT2D eigenvalue weighted by Gasteiger charge is 2.33. The molecule has 1 saturated heterocycles. The van der Waals surface area contributed by atoms with E-state index in [1.54, 1.807) is 0 Å². The largest absolute Gasteiger partial charge is 0.390 e. The Bertz CT molecular complexity index is 269. The number of rotatable bonds is 5. The Morgan fingerprint density at radius 3 is 2.50 bits per heavy atom. The molecule has 0 unspecified atom stereocenters. The summed E-state index contributed by atoms with van der Waals surface area (Å²) >= 11 is 0. The molecule has 0 bridgehead atoms. The van der Waals surface area contributed by atoms with Crippen LogP contribution in [0.25, 0.3) is 0 Å². The molecule has 5 nitrogen and oxygen atoms in total. The second-order valence-electron chi connectivity index (χ2n) is 3.71. The van der Waals surface area contributed by atoms with Crippen molar-refractivity contribution in [1.29, 1.82) is 0 Å². The van der Waals surface area contributed by atoms with E-state index in [4.69, 9.17) is 9.84 Å². The predicted molar refractivity (Wildman–Crippen MR) is 52.5 cm³/mol. The van der Waals surface area contributed by atoms with E-state index in [1.165, 1.54) is 4.31 Å². The zero-order valence-electron chi connectivity index (χ0n) is 8.51. The van der Waals surface area contributed by atoms with Gasteiger partial charge in [-0.25, -0.2) is 8.42 Å². The van der Waals surface area contributed by atoms with Crippen molar-refractivity contribution < 1.29 is 18.3 Å². The minimum Gasteiger partial charge on any atom is -0.390 e. The first-order chi connectivity index (χ1) is 6.42. The highest BCUT2D eigenvalue weighted by atomic mass is 32.2. The number of sulfonamides is 1. The molecule has 1 aliphatic heterocycles. The van der Waals surface area contributed by atoms with Crippen LogP contribution in [-0.2, 0) is 14.8 Å². The zero-order valence-corrected chi connectivity index (χ0v) is 9.33. The maximum atomic E-state index is 11.5. The van der Waals surface area contributed by atoms with Crippen molar-refractivity contribution in [3.05, 3.63) is 0 Å². The van der Waals surface area contributed by atoms with Crippen LogP contribution in [0.15, 0.2) is 0 Å². The lowest BCUT2D eigenvalue weighted by atomic mass is 10.2. The molecule has 0 aromatic carbocycles. The second-order valence-corrected chi connectivity index (χ2v) is 5.79. The maximum absolute atomic E-state index is 11.5. The molecule has 1 fully saturated rings. The van der Waals surface area contributed by atoms with Gasteiger partial charge in [0, 0.05) is 13.1 Å². The first-order valence-corrected chi connectivity index (χ1v) is 6.30. The summed E-state index contributed by atoms with van der Waals surface area (Å²) in [4.78, 5) is 0. The summed E-state index contributed by atoms with van der Waals surface area (Å²) in [5.41, 5.74) is 0. The van der Waals surface area contributed by atoms with Gasteiger partial charge in [-0.3, -0.25) is 0 Å². The van der Waals surface area contributed by atoms with E-state index in [9.17, 15) is 8.42 Å². The Morgan fingerprint density at radius 2 is 2.07 bits per heavy atom. The summed E-state index contributed by atoms with van der Waals surface area (Å²) in [6.45, 7) is 4.39. The molecule has 84 valence electrons. The van der Waals surface area contributed by atoms with Gasteiger partial charge in [0.25, 0.3) is 0 Å². The summed E-state index contributed by atoms with van der Waals surface area (Å²) < 4.78 is 29.4. The molecule has 1 rings (SSSR count). The van der Waals surface area contributed by atoms with Gasteiger partial charge >= 0.3 is 0 Å². The molecule has 0 amide bonds. The van der Waals surface area contributed by atoms with Crippen LogP contribution in [0.3, 0.4) is 0 Å². The Labute approximate surface area is 84.7 Å². The topological polar surface area (TPSA) is 66.8 Å². The third kappa shape index (κ3) is 3.20. The summed E-state index contributed by atoms with van der Waals surface area (Å²) in [6.07, 6.45) is -0.442. The number of aliphatic hydroxyl groups excluding tert-OH is 1. The molecule has 0 radical (unpaired) electrons. The molecular weight excluding hydrogens is 206 g/mol. The van der Waals surface area contributed by atoms with Gasteiger partial charge in [0.2, 0.25) is 10.0 Å². The lowest BCUT2D eigenvalue weighted by Gasteiger charge is -2.34. The summed E-state index contributed by atoms with van der Waals surface area (Å²) in [5.74, 6) is -0.00208. The first kappa shape index (κ1) is 11.9. The van der Waals surface area contributed by atoms with Gasteiger partial charge in [-0.1, -0.05) is 0 Å². The van der Waals surface area contributed by atoms with Crippen molar-refractivity contribution in [3.63, 3.8) is 0 Å². The molecule has 0 atom stereocenters. The molecule has 14 heavy (non-hydrogen) atoms. The Balaban J connectivity index is 2.28. The quantitative estimate of drug-likeness (QED) is 0.677. The summed E-state index contributed by atoms with van der Waals surface area (Å²) in [6, 6.07) is 0. The fraction of sp³-hybridized carbons (Fsp3) is 1.00. The minimum absolute atomic E-state index is 0.00208. The van der Waals surface area contributed by atoms with E-state index in [0.29, 0.717) is 0 Å². The molecule has 0 aromatic heterocycles. The SMILES string of the molecule is CC(C)OCCS(=O)(=O)N1CC(O)C1. The smallest absolute Gasteiger partial charge is 0.216 e. The van der Waals surface area contributed by atoms with Gasteiger partial charge in [0.1, 0.15) is 0 Å². The molecule has 0 aliphatic carbocycles. The number of nitrogens with zero attached hydrogens (tertiary/aromatic N) is 1. The maximum Gasteiger partial charge on any atom is 0.216 e. The van der Waals surface area contributed by atoms with Crippen molar-refractivity contribution in [2.24, 2.45) is 0 Å². The average molecular weight is 223 g/mol. The Morgan fingerprint density at radius 1 is 1.50 bits per heavy atom. The van der Waals surface area contributed by atoms with Crippen LogP contribution >= 0.6 is 0 Å². The predicted octanol–water partition coefficient (Wildman–Crippen LogP) is -0.582. The highest BCUT2D eigenvalue weighted by molar-refractivity contribution is 7.89. The van der Waals surface area contributed by atoms with Crippen LogP contribution in [0, 0.1) is 0 Å². The van der Waals surface area contributed by atoms with Crippen LogP contribution in [0.2, 0.25) is 0 Å². The highest BCUT2D eigenvalue weighted by Crippen LogP contribution is 2.13. The minimum atomic E-state index is -3.20. The number of aliphatic hydroxyl groups is 1. The van der Waals surface area contributed by atoms with E-state index in [0.717, 1.165) is 0 Å². The molecule has 6 heteroatoms. The fourth-order valence-electron chi connectivity index (χ4n) is 1.16. The number of β-amino-alcohol motifs (C(OH)–C–C–N with tert-alkyl or cyclic N) is 1. The van der Waals surface area contributed by atoms with E-state index in [2.05, 4.69) is 0 Å². The molecular formula is C8H17NO4S. The van der Waals surface area contributed by atoms with Crippen LogP contribution in [-0.4, -0.2) is 55.5 Å². The number of hydrogen-bond acceptors (Lipinski definition) is 4. The van der Waals surface area contributed by atoms with Crippen LogP contribution < -0.4 is 0 Å². The monoisotopic (exact) mass is 223 g/mol. The van der Waals surface area contributed by atoms with Crippen molar-refractivity contribution in [2.75, 3.05) is 25.4 Å². The molecule has 0 saturated carbocycles. The first-order valence-electron chi connectivity index (χ1n) is 4.69. The fourth-order valence-corrected chi connectivity index (χ4v) is 2.53. The third-order valence-corrected chi connectivity index (χ3v) is 3.78. The van der Waals surface area contributed by atoms with Gasteiger partial charge in [0.15, 0.2) is 0 Å². The van der Waals surface area contributed by atoms with E-state index >= 15 is 0 Å². The Hall–Kier alpha value is -0.170. The molecule has 0 aromatic rings. The lowest BCUT2D eigenvalue weighted by molar-refractivity contribution is 0.0526. The summed E-state index contributed by atoms with van der Waals surface area (Å²) in [7, 11) is -3.20. The standard InChI is InChI=1S/C8H17NO4S/c1-7(2)13-3-4-14(11,12)9-5-8(10)6-9/h7-8,10H,3-6H2,1-2H3. The normalized spacial score (nSPS) is 20.0. The average Bonchev–Trinajstić information content (AvgIpc) is 1.97. The lowest BCUT2D eigenvalue weighted by Crippen LogP contribution is -2.54.